The number of hydrogen-bond acceptors (Lipinski definition) is 3. The summed E-state index contributed by atoms with van der Waals surface area (Å²) in [6, 6.07) is 27.0. The van der Waals surface area contributed by atoms with E-state index in [1.165, 1.54) is 0 Å². The number of nitrogens with zero attached hydrogens (tertiary/aromatic N) is 2. The summed E-state index contributed by atoms with van der Waals surface area (Å²) in [6.45, 7) is 6.76. The molecule has 3 aromatic rings. The third-order valence-electron chi connectivity index (χ3n) is 5.17. The molecule has 0 aliphatic carbocycles. The van der Waals surface area contributed by atoms with E-state index in [1.54, 1.807) is 4.90 Å². The number of carbonyl (C=O) groups excluding carboxylic acids is 2. The number of benzene rings is 3. The molecule has 0 spiro atoms. The molecule has 0 saturated heterocycles. The van der Waals surface area contributed by atoms with Crippen LogP contribution in [0.15, 0.2) is 84.9 Å². The molecule has 31 heavy (non-hydrogen) atoms. The van der Waals surface area contributed by atoms with Crippen LogP contribution in [-0.4, -0.2) is 29.8 Å². The first-order valence-electron chi connectivity index (χ1n) is 10.6. The van der Waals surface area contributed by atoms with Crippen LogP contribution in [0.5, 0.6) is 0 Å². The molecule has 160 valence electrons. The molecule has 1 N–H and O–H groups in total. The predicted molar refractivity (Wildman–Crippen MR) is 126 cm³/mol. The van der Waals surface area contributed by atoms with Gasteiger partial charge in [0, 0.05) is 37.6 Å². The van der Waals surface area contributed by atoms with Crippen molar-refractivity contribution in [3.05, 3.63) is 96.1 Å². The fourth-order valence-corrected chi connectivity index (χ4v) is 3.48. The Morgan fingerprint density at radius 2 is 1.19 bits per heavy atom. The first kappa shape index (κ1) is 22.1. The molecular formula is C26H29N3O2. The Kier molecular flexibility index (Phi) is 7.82. The lowest BCUT2D eigenvalue weighted by Gasteiger charge is -2.23. The highest BCUT2D eigenvalue weighted by Gasteiger charge is 2.22. The molecule has 0 aliphatic rings. The third-order valence-corrected chi connectivity index (χ3v) is 5.17. The minimum absolute atomic E-state index is 0.364. The maximum absolute atomic E-state index is 13.0. The fraction of sp³-hybridized carbons (Fsp3) is 0.231. The summed E-state index contributed by atoms with van der Waals surface area (Å²) in [5.41, 5.74) is 3.64. The number of anilines is 2. The molecular weight excluding hydrogens is 386 g/mol. The van der Waals surface area contributed by atoms with E-state index in [0.717, 1.165) is 29.9 Å². The zero-order valence-electron chi connectivity index (χ0n) is 18.1. The van der Waals surface area contributed by atoms with Crippen LogP contribution in [0.1, 0.15) is 25.0 Å². The number of rotatable bonds is 8. The maximum Gasteiger partial charge on any atom is 0.313 e. The van der Waals surface area contributed by atoms with Crippen LogP contribution in [0, 0.1) is 0 Å². The Morgan fingerprint density at radius 3 is 1.65 bits per heavy atom. The van der Waals surface area contributed by atoms with Crippen molar-refractivity contribution in [3.63, 3.8) is 0 Å². The molecule has 0 bridgehead atoms. The molecule has 5 nitrogen and oxygen atoms in total. The normalized spacial score (nSPS) is 10.4. The molecule has 0 atom stereocenters. The smallest absolute Gasteiger partial charge is 0.313 e. The largest absolute Gasteiger partial charge is 0.372 e. The van der Waals surface area contributed by atoms with Gasteiger partial charge in [-0.15, -0.1) is 0 Å². The average Bonchev–Trinajstić information content (AvgIpc) is 2.81. The molecule has 3 rings (SSSR count). The van der Waals surface area contributed by atoms with Gasteiger partial charge in [-0.2, -0.15) is 0 Å². The second kappa shape index (κ2) is 11.0. The lowest BCUT2D eigenvalue weighted by molar-refractivity contribution is -0.144. The van der Waals surface area contributed by atoms with Gasteiger partial charge in [-0.25, -0.2) is 0 Å². The van der Waals surface area contributed by atoms with Crippen LogP contribution in [-0.2, 0) is 22.7 Å². The summed E-state index contributed by atoms with van der Waals surface area (Å²) in [4.78, 5) is 29.6. The van der Waals surface area contributed by atoms with Gasteiger partial charge in [0.2, 0.25) is 0 Å². The van der Waals surface area contributed by atoms with Gasteiger partial charge in [0.15, 0.2) is 0 Å². The summed E-state index contributed by atoms with van der Waals surface area (Å²) < 4.78 is 0. The quantitative estimate of drug-likeness (QED) is 0.543. The van der Waals surface area contributed by atoms with E-state index in [2.05, 4.69) is 24.1 Å². The van der Waals surface area contributed by atoms with Crippen LogP contribution < -0.4 is 10.2 Å². The standard InChI is InChI=1S/C26H29N3O2/c1-3-28(4-2)24-17-15-23(16-18-24)27-25(30)26(31)29(19-21-11-7-5-8-12-21)20-22-13-9-6-10-14-22/h5-18H,3-4,19-20H2,1-2H3,(H,27,30). The fourth-order valence-electron chi connectivity index (χ4n) is 3.48. The van der Waals surface area contributed by atoms with E-state index < -0.39 is 11.8 Å². The lowest BCUT2D eigenvalue weighted by atomic mass is 10.1. The van der Waals surface area contributed by atoms with Crippen molar-refractivity contribution >= 4 is 23.2 Å². The number of nitrogens with one attached hydrogen (secondary N) is 1. The highest BCUT2D eigenvalue weighted by atomic mass is 16.2. The van der Waals surface area contributed by atoms with E-state index in [0.29, 0.717) is 18.8 Å². The van der Waals surface area contributed by atoms with Gasteiger partial charge in [-0.3, -0.25) is 9.59 Å². The zero-order valence-corrected chi connectivity index (χ0v) is 18.1. The second-order valence-electron chi connectivity index (χ2n) is 7.31. The van der Waals surface area contributed by atoms with Crippen molar-refractivity contribution in [1.82, 2.24) is 4.90 Å². The summed E-state index contributed by atoms with van der Waals surface area (Å²) in [5, 5.41) is 2.75. The van der Waals surface area contributed by atoms with Crippen molar-refractivity contribution in [2.24, 2.45) is 0 Å². The van der Waals surface area contributed by atoms with Gasteiger partial charge in [0.1, 0.15) is 0 Å². The van der Waals surface area contributed by atoms with Crippen LogP contribution in [0.25, 0.3) is 0 Å². The van der Waals surface area contributed by atoms with E-state index in [9.17, 15) is 9.59 Å². The number of carbonyl (C=O) groups is 2. The molecule has 0 aliphatic heterocycles. The minimum Gasteiger partial charge on any atom is -0.372 e. The first-order chi connectivity index (χ1) is 15.1. The van der Waals surface area contributed by atoms with Crippen molar-refractivity contribution in [3.8, 4) is 0 Å². The molecule has 0 heterocycles. The Bertz CT molecular complexity index is 927. The highest BCUT2D eigenvalue weighted by molar-refractivity contribution is 6.39. The van der Waals surface area contributed by atoms with Gasteiger partial charge < -0.3 is 15.1 Å². The van der Waals surface area contributed by atoms with Crippen LogP contribution in [0.4, 0.5) is 11.4 Å². The van der Waals surface area contributed by atoms with Crippen LogP contribution in [0.2, 0.25) is 0 Å². The Hall–Kier alpha value is -3.60. The molecule has 0 radical (unpaired) electrons. The minimum atomic E-state index is -0.637. The van der Waals surface area contributed by atoms with Gasteiger partial charge in [0.25, 0.3) is 0 Å². The van der Waals surface area contributed by atoms with Crippen LogP contribution in [0.3, 0.4) is 0 Å². The van der Waals surface area contributed by atoms with Gasteiger partial charge >= 0.3 is 11.8 Å². The summed E-state index contributed by atoms with van der Waals surface area (Å²) in [6.07, 6.45) is 0. The molecule has 3 aromatic carbocycles. The van der Waals surface area contributed by atoms with E-state index in [4.69, 9.17) is 0 Å². The van der Waals surface area contributed by atoms with Gasteiger partial charge in [0.05, 0.1) is 0 Å². The number of amides is 2. The Morgan fingerprint density at radius 1 is 0.710 bits per heavy atom. The average molecular weight is 416 g/mol. The topological polar surface area (TPSA) is 52.7 Å². The zero-order chi connectivity index (χ0) is 22.1. The summed E-state index contributed by atoms with van der Waals surface area (Å²) in [5.74, 6) is -1.19. The van der Waals surface area contributed by atoms with Gasteiger partial charge in [-0.1, -0.05) is 60.7 Å². The van der Waals surface area contributed by atoms with E-state index in [-0.39, 0.29) is 0 Å². The monoisotopic (exact) mass is 415 g/mol. The third kappa shape index (κ3) is 6.19. The molecule has 0 unspecified atom stereocenters. The van der Waals surface area contributed by atoms with Crippen LogP contribution >= 0.6 is 0 Å². The van der Waals surface area contributed by atoms with Gasteiger partial charge in [-0.05, 0) is 49.2 Å². The van der Waals surface area contributed by atoms with Crippen molar-refractivity contribution in [2.45, 2.75) is 26.9 Å². The SMILES string of the molecule is CCN(CC)c1ccc(NC(=O)C(=O)N(Cc2ccccc2)Cc2ccccc2)cc1. The summed E-state index contributed by atoms with van der Waals surface area (Å²) >= 11 is 0. The van der Waals surface area contributed by atoms with E-state index >= 15 is 0 Å². The molecule has 0 aromatic heterocycles. The van der Waals surface area contributed by atoms with Crippen molar-refractivity contribution < 1.29 is 9.59 Å². The second-order valence-corrected chi connectivity index (χ2v) is 7.31. The first-order valence-corrected chi connectivity index (χ1v) is 10.6. The molecule has 5 heteroatoms. The molecule has 2 amide bonds. The molecule has 0 saturated carbocycles. The Balaban J connectivity index is 1.72. The maximum atomic E-state index is 13.0. The predicted octanol–water partition coefficient (Wildman–Crippen LogP) is 4.70. The number of hydrogen-bond donors (Lipinski definition) is 1. The van der Waals surface area contributed by atoms with Crippen molar-refractivity contribution in [2.75, 3.05) is 23.3 Å². The lowest BCUT2D eigenvalue weighted by Crippen LogP contribution is -2.38. The highest BCUT2D eigenvalue weighted by Crippen LogP contribution is 2.18. The van der Waals surface area contributed by atoms with E-state index in [1.807, 2.05) is 84.9 Å². The Labute approximate surface area is 184 Å². The molecule has 0 fully saturated rings. The summed E-state index contributed by atoms with van der Waals surface area (Å²) in [7, 11) is 0. The van der Waals surface area contributed by atoms with Crippen molar-refractivity contribution in [1.29, 1.82) is 0 Å².